The fraction of sp³-hybridized carbons (Fsp3) is 0.222. The molecular weight excluding hydrogens is 324 g/mol. The molecular formula is C18H20N2O3S. The molecule has 0 aliphatic carbocycles. The Morgan fingerprint density at radius 3 is 2.38 bits per heavy atom. The van der Waals surface area contributed by atoms with Gasteiger partial charge in [-0.15, -0.1) is 11.8 Å². The topological polar surface area (TPSA) is 67.4 Å². The molecule has 0 aliphatic rings. The van der Waals surface area contributed by atoms with E-state index < -0.39 is 0 Å². The van der Waals surface area contributed by atoms with E-state index in [2.05, 4.69) is 10.6 Å². The Hall–Kier alpha value is -2.47. The third-order valence-corrected chi connectivity index (χ3v) is 4.01. The van der Waals surface area contributed by atoms with Crippen LogP contribution in [0.15, 0.2) is 59.5 Å². The molecule has 6 heteroatoms. The Kier molecular flexibility index (Phi) is 7.17. The molecule has 2 aromatic carbocycles. The second-order valence-electron chi connectivity index (χ2n) is 4.92. The maximum Gasteiger partial charge on any atom is 0.257 e. The van der Waals surface area contributed by atoms with Crippen molar-refractivity contribution < 1.29 is 14.3 Å². The van der Waals surface area contributed by atoms with Crippen LogP contribution in [0.25, 0.3) is 0 Å². The zero-order valence-electron chi connectivity index (χ0n) is 13.5. The van der Waals surface area contributed by atoms with Crippen molar-refractivity contribution in [2.45, 2.75) is 11.8 Å². The molecule has 2 aromatic rings. The molecule has 0 spiro atoms. The molecule has 2 rings (SSSR count). The van der Waals surface area contributed by atoms with Crippen LogP contribution in [-0.4, -0.2) is 30.7 Å². The Balaban J connectivity index is 1.76. The summed E-state index contributed by atoms with van der Waals surface area (Å²) in [6.07, 6.45) is 0. The second kappa shape index (κ2) is 9.62. The van der Waals surface area contributed by atoms with Gasteiger partial charge in [0, 0.05) is 17.1 Å². The van der Waals surface area contributed by atoms with Gasteiger partial charge in [0.05, 0.1) is 5.75 Å². The van der Waals surface area contributed by atoms with Crippen LogP contribution in [-0.2, 0) is 9.59 Å². The molecule has 0 unspecified atom stereocenters. The molecule has 0 heterocycles. The van der Waals surface area contributed by atoms with E-state index in [1.165, 1.54) is 11.8 Å². The lowest BCUT2D eigenvalue weighted by molar-refractivity contribution is -0.123. The molecule has 0 bridgehead atoms. The van der Waals surface area contributed by atoms with Crippen molar-refractivity contribution in [2.75, 3.05) is 24.2 Å². The van der Waals surface area contributed by atoms with Gasteiger partial charge in [0.25, 0.3) is 5.91 Å². The van der Waals surface area contributed by atoms with Crippen molar-refractivity contribution in [3.05, 3.63) is 54.6 Å². The van der Waals surface area contributed by atoms with Crippen molar-refractivity contribution in [1.82, 2.24) is 5.32 Å². The molecule has 126 valence electrons. The molecule has 0 saturated carbocycles. The molecule has 0 aliphatic heterocycles. The molecule has 0 radical (unpaired) electrons. The number of hydrogen-bond acceptors (Lipinski definition) is 4. The maximum absolute atomic E-state index is 11.9. The van der Waals surface area contributed by atoms with E-state index in [1.54, 1.807) is 24.3 Å². The summed E-state index contributed by atoms with van der Waals surface area (Å²) in [5.41, 5.74) is 0.694. The highest BCUT2D eigenvalue weighted by Crippen LogP contribution is 2.19. The number of carbonyl (C=O) groups excluding carboxylic acids is 2. The second-order valence-corrected chi connectivity index (χ2v) is 5.97. The number of nitrogens with one attached hydrogen (secondary N) is 2. The SMILES string of the molecule is CCNC(=O)COc1ccc(NC(=O)CSc2ccccc2)cc1. The van der Waals surface area contributed by atoms with Gasteiger partial charge in [-0.25, -0.2) is 0 Å². The van der Waals surface area contributed by atoms with Gasteiger partial charge in [0.1, 0.15) is 5.75 Å². The van der Waals surface area contributed by atoms with Crippen LogP contribution in [0.5, 0.6) is 5.75 Å². The van der Waals surface area contributed by atoms with Gasteiger partial charge in [0.2, 0.25) is 5.91 Å². The number of amides is 2. The van der Waals surface area contributed by atoms with E-state index >= 15 is 0 Å². The first kappa shape index (κ1) is 17.9. The third kappa shape index (κ3) is 6.34. The Bertz CT molecular complexity index is 660. The van der Waals surface area contributed by atoms with Crippen LogP contribution in [0.2, 0.25) is 0 Å². The van der Waals surface area contributed by atoms with Gasteiger partial charge < -0.3 is 15.4 Å². The average Bonchev–Trinajstić information content (AvgIpc) is 2.60. The van der Waals surface area contributed by atoms with E-state index in [9.17, 15) is 9.59 Å². The van der Waals surface area contributed by atoms with Crippen LogP contribution >= 0.6 is 11.8 Å². The van der Waals surface area contributed by atoms with Gasteiger partial charge in [-0.3, -0.25) is 9.59 Å². The minimum atomic E-state index is -0.159. The number of carbonyl (C=O) groups is 2. The first-order valence-corrected chi connectivity index (χ1v) is 8.63. The Morgan fingerprint density at radius 2 is 1.71 bits per heavy atom. The largest absolute Gasteiger partial charge is 0.484 e. The Morgan fingerprint density at radius 1 is 1.00 bits per heavy atom. The molecule has 24 heavy (non-hydrogen) atoms. The lowest BCUT2D eigenvalue weighted by Gasteiger charge is -2.08. The van der Waals surface area contributed by atoms with E-state index in [4.69, 9.17) is 4.74 Å². The maximum atomic E-state index is 11.9. The Labute approximate surface area is 145 Å². The normalized spacial score (nSPS) is 10.0. The highest BCUT2D eigenvalue weighted by atomic mass is 32.2. The summed E-state index contributed by atoms with van der Waals surface area (Å²) in [4.78, 5) is 24.3. The first-order valence-electron chi connectivity index (χ1n) is 7.64. The van der Waals surface area contributed by atoms with E-state index in [0.717, 1.165) is 4.90 Å². The van der Waals surface area contributed by atoms with Crippen molar-refractivity contribution in [2.24, 2.45) is 0 Å². The number of rotatable bonds is 8. The summed E-state index contributed by atoms with van der Waals surface area (Å²) < 4.78 is 5.36. The average molecular weight is 344 g/mol. The van der Waals surface area contributed by atoms with Crippen LogP contribution < -0.4 is 15.4 Å². The summed E-state index contributed by atoms with van der Waals surface area (Å²) in [5.74, 6) is 0.699. The van der Waals surface area contributed by atoms with Crippen molar-refractivity contribution >= 4 is 29.3 Å². The van der Waals surface area contributed by atoms with Crippen LogP contribution in [0, 0.1) is 0 Å². The van der Waals surface area contributed by atoms with Gasteiger partial charge in [-0.05, 0) is 43.3 Å². The fourth-order valence-corrected chi connectivity index (χ4v) is 2.61. The summed E-state index contributed by atoms with van der Waals surface area (Å²) in [6, 6.07) is 16.7. The predicted molar refractivity (Wildman–Crippen MR) is 96.4 cm³/mol. The number of thioether (sulfide) groups is 1. The summed E-state index contributed by atoms with van der Waals surface area (Å²) in [7, 11) is 0. The number of anilines is 1. The minimum Gasteiger partial charge on any atom is -0.484 e. The summed E-state index contributed by atoms with van der Waals surface area (Å²) in [5, 5.41) is 5.49. The lowest BCUT2D eigenvalue weighted by atomic mass is 10.3. The quantitative estimate of drug-likeness (QED) is 0.723. The highest BCUT2D eigenvalue weighted by Gasteiger charge is 2.05. The highest BCUT2D eigenvalue weighted by molar-refractivity contribution is 8.00. The van der Waals surface area contributed by atoms with Crippen molar-refractivity contribution in [1.29, 1.82) is 0 Å². The number of ether oxygens (including phenoxy) is 1. The van der Waals surface area contributed by atoms with Crippen molar-refractivity contribution in [3.63, 3.8) is 0 Å². The molecule has 0 saturated heterocycles. The molecule has 2 N–H and O–H groups in total. The molecule has 0 fully saturated rings. The standard InChI is InChI=1S/C18H20N2O3S/c1-2-19-17(21)12-23-15-10-8-14(9-11-15)20-18(22)13-24-16-6-4-3-5-7-16/h3-11H,2,12-13H2,1H3,(H,19,21)(H,20,22). The zero-order chi connectivity index (χ0) is 17.2. The number of likely N-dealkylation sites (N-methyl/N-ethyl adjacent to an activating group) is 1. The van der Waals surface area contributed by atoms with Gasteiger partial charge in [-0.2, -0.15) is 0 Å². The lowest BCUT2D eigenvalue weighted by Crippen LogP contribution is -2.28. The van der Waals surface area contributed by atoms with Crippen LogP contribution in [0.1, 0.15) is 6.92 Å². The van der Waals surface area contributed by atoms with Crippen LogP contribution in [0.4, 0.5) is 5.69 Å². The monoisotopic (exact) mass is 344 g/mol. The van der Waals surface area contributed by atoms with Crippen LogP contribution in [0.3, 0.4) is 0 Å². The fourth-order valence-electron chi connectivity index (χ4n) is 1.89. The van der Waals surface area contributed by atoms with Gasteiger partial charge in [-0.1, -0.05) is 18.2 Å². The summed E-state index contributed by atoms with van der Waals surface area (Å²) in [6.45, 7) is 2.41. The smallest absolute Gasteiger partial charge is 0.257 e. The van der Waals surface area contributed by atoms with E-state index in [1.807, 2.05) is 37.3 Å². The molecule has 2 amide bonds. The zero-order valence-corrected chi connectivity index (χ0v) is 14.3. The van der Waals surface area contributed by atoms with E-state index in [-0.39, 0.29) is 18.4 Å². The molecule has 0 aromatic heterocycles. The first-order chi connectivity index (χ1) is 11.7. The molecule has 5 nitrogen and oxygen atoms in total. The van der Waals surface area contributed by atoms with Gasteiger partial charge in [0.15, 0.2) is 6.61 Å². The van der Waals surface area contributed by atoms with Gasteiger partial charge >= 0.3 is 0 Å². The number of hydrogen-bond donors (Lipinski definition) is 2. The molecule has 0 atom stereocenters. The minimum absolute atomic E-state index is 0.0206. The van der Waals surface area contributed by atoms with E-state index in [0.29, 0.717) is 23.7 Å². The predicted octanol–water partition coefficient (Wildman–Crippen LogP) is 2.93. The third-order valence-electron chi connectivity index (χ3n) is 3.00. The summed E-state index contributed by atoms with van der Waals surface area (Å²) >= 11 is 1.49. The van der Waals surface area contributed by atoms with Crippen molar-refractivity contribution in [3.8, 4) is 5.75 Å². The number of benzene rings is 2.